The number of halogens is 3. The zero-order chi connectivity index (χ0) is 23.8. The maximum absolute atomic E-state index is 13.1. The minimum absolute atomic E-state index is 0.0683. The fraction of sp³-hybridized carbons (Fsp3) is 0.417. The van der Waals surface area contributed by atoms with Crippen molar-refractivity contribution in [3.63, 3.8) is 0 Å². The molecule has 1 fully saturated rings. The van der Waals surface area contributed by atoms with Crippen molar-refractivity contribution in [1.82, 2.24) is 19.5 Å². The van der Waals surface area contributed by atoms with Gasteiger partial charge in [-0.1, -0.05) is 17.7 Å². The predicted octanol–water partition coefficient (Wildman–Crippen LogP) is 4.73. The van der Waals surface area contributed by atoms with Crippen LogP contribution in [0, 0.1) is 13.8 Å². The van der Waals surface area contributed by atoms with E-state index in [-0.39, 0.29) is 30.4 Å². The van der Waals surface area contributed by atoms with Gasteiger partial charge in [0, 0.05) is 43.6 Å². The lowest BCUT2D eigenvalue weighted by Gasteiger charge is -2.32. The Kier molecular flexibility index (Phi) is 6.23. The summed E-state index contributed by atoms with van der Waals surface area (Å²) in [7, 11) is 0. The highest BCUT2D eigenvalue weighted by Crippen LogP contribution is 2.31. The molecule has 174 valence electrons. The summed E-state index contributed by atoms with van der Waals surface area (Å²) < 4.78 is 40.8. The van der Waals surface area contributed by atoms with Gasteiger partial charge in [-0.3, -0.25) is 14.0 Å². The number of aryl methyl sites for hydroxylation is 2. The number of benzene rings is 1. The van der Waals surface area contributed by atoms with E-state index in [1.165, 1.54) is 10.5 Å². The molecule has 0 radical (unpaired) electrons. The van der Waals surface area contributed by atoms with Crippen molar-refractivity contribution in [2.75, 3.05) is 13.1 Å². The number of piperidine rings is 1. The van der Waals surface area contributed by atoms with Crippen molar-refractivity contribution in [1.29, 1.82) is 0 Å². The topological polar surface area (TPSA) is 67.6 Å². The van der Waals surface area contributed by atoms with Gasteiger partial charge >= 0.3 is 6.18 Å². The number of fused-ring (bicyclic) bond motifs is 1. The molecule has 9 heteroatoms. The van der Waals surface area contributed by atoms with Gasteiger partial charge < -0.3 is 4.90 Å². The van der Waals surface area contributed by atoms with Gasteiger partial charge in [-0.25, -0.2) is 0 Å². The molecule has 1 aliphatic rings. The molecule has 33 heavy (non-hydrogen) atoms. The lowest BCUT2D eigenvalue weighted by atomic mass is 9.96. The Morgan fingerprint density at radius 2 is 1.88 bits per heavy atom. The Bertz CT molecular complexity index is 1200. The maximum Gasteiger partial charge on any atom is 0.417 e. The third-order valence-electron chi connectivity index (χ3n) is 6.15. The summed E-state index contributed by atoms with van der Waals surface area (Å²) in [5, 5.41) is 8.11. The number of carbonyl (C=O) groups is 2. The highest BCUT2D eigenvalue weighted by atomic mass is 19.4. The second kappa shape index (κ2) is 8.96. The number of likely N-dealkylation sites (tertiary alicyclic amines) is 1. The smallest absolute Gasteiger partial charge is 0.342 e. The quantitative estimate of drug-likeness (QED) is 0.519. The normalized spacial score (nSPS) is 16.9. The molecule has 1 saturated heterocycles. The van der Waals surface area contributed by atoms with Crippen molar-refractivity contribution in [3.05, 3.63) is 64.6 Å². The predicted molar refractivity (Wildman–Crippen MR) is 116 cm³/mol. The van der Waals surface area contributed by atoms with Crippen LogP contribution in [0.3, 0.4) is 0 Å². The van der Waals surface area contributed by atoms with E-state index in [0.717, 1.165) is 23.4 Å². The van der Waals surface area contributed by atoms with E-state index in [1.807, 2.05) is 32.0 Å². The van der Waals surface area contributed by atoms with Gasteiger partial charge in [0.2, 0.25) is 5.91 Å². The standard InChI is InChI=1S/C24H25F3N4O2/c1-15-5-6-16(2)19(12-15)20(32)8-10-22(33)30-11-3-4-17(13-30)23-29-28-21-9-7-18(14-31(21)23)24(25,26)27/h5-7,9,12,14,17H,3-4,8,10-11,13H2,1-2H3. The summed E-state index contributed by atoms with van der Waals surface area (Å²) in [6.07, 6.45) is -1.84. The number of carbonyl (C=O) groups excluding carboxylic acids is 2. The fourth-order valence-electron chi connectivity index (χ4n) is 4.32. The van der Waals surface area contributed by atoms with E-state index >= 15 is 0 Å². The van der Waals surface area contributed by atoms with E-state index in [2.05, 4.69) is 10.2 Å². The summed E-state index contributed by atoms with van der Waals surface area (Å²) >= 11 is 0. The minimum Gasteiger partial charge on any atom is -0.342 e. The number of hydrogen-bond donors (Lipinski definition) is 0. The van der Waals surface area contributed by atoms with E-state index in [9.17, 15) is 22.8 Å². The molecule has 1 atom stereocenters. The van der Waals surface area contributed by atoms with Gasteiger partial charge in [0.1, 0.15) is 5.82 Å². The number of aromatic nitrogens is 3. The third-order valence-corrected chi connectivity index (χ3v) is 6.15. The highest BCUT2D eigenvalue weighted by molar-refractivity contribution is 5.99. The zero-order valence-corrected chi connectivity index (χ0v) is 18.5. The van der Waals surface area contributed by atoms with E-state index in [1.54, 1.807) is 4.90 Å². The summed E-state index contributed by atoms with van der Waals surface area (Å²) in [4.78, 5) is 27.1. The van der Waals surface area contributed by atoms with Crippen molar-refractivity contribution in [2.24, 2.45) is 0 Å². The number of ketones is 1. The van der Waals surface area contributed by atoms with Crippen LogP contribution in [0.25, 0.3) is 5.65 Å². The lowest BCUT2D eigenvalue weighted by molar-refractivity contribution is -0.137. The molecule has 0 N–H and O–H groups in total. The molecule has 1 aromatic carbocycles. The number of alkyl halides is 3. The second-order valence-corrected chi connectivity index (χ2v) is 8.62. The second-order valence-electron chi connectivity index (χ2n) is 8.62. The first-order chi connectivity index (χ1) is 15.6. The Morgan fingerprint density at radius 3 is 2.64 bits per heavy atom. The van der Waals surface area contributed by atoms with Crippen LogP contribution in [0.5, 0.6) is 0 Å². The maximum atomic E-state index is 13.1. The number of amides is 1. The molecule has 1 amide bonds. The van der Waals surface area contributed by atoms with Crippen LogP contribution in [0.4, 0.5) is 13.2 Å². The molecule has 3 aromatic rings. The van der Waals surface area contributed by atoms with Crippen molar-refractivity contribution in [2.45, 2.75) is 51.6 Å². The van der Waals surface area contributed by atoms with Crippen LogP contribution in [0.1, 0.15) is 64.5 Å². The van der Waals surface area contributed by atoms with Crippen molar-refractivity contribution in [3.8, 4) is 0 Å². The first kappa shape index (κ1) is 22.9. The average molecular weight is 458 g/mol. The Morgan fingerprint density at radius 1 is 1.09 bits per heavy atom. The van der Waals surface area contributed by atoms with Gasteiger partial charge in [-0.05, 0) is 50.5 Å². The molecule has 0 saturated carbocycles. The molecular formula is C24H25F3N4O2. The molecule has 2 aromatic heterocycles. The summed E-state index contributed by atoms with van der Waals surface area (Å²) in [5.74, 6) is -0.0136. The molecule has 1 aliphatic heterocycles. The molecule has 4 rings (SSSR count). The Hall–Kier alpha value is -3.23. The summed E-state index contributed by atoms with van der Waals surface area (Å²) in [6, 6.07) is 7.95. The van der Waals surface area contributed by atoms with Crippen LogP contribution >= 0.6 is 0 Å². The van der Waals surface area contributed by atoms with Gasteiger partial charge in [-0.2, -0.15) is 13.2 Å². The molecule has 3 heterocycles. The number of Topliss-reactive ketones (excluding diaryl/α,β-unsaturated/α-hetero) is 1. The highest BCUT2D eigenvalue weighted by Gasteiger charge is 2.33. The largest absolute Gasteiger partial charge is 0.417 e. The SMILES string of the molecule is Cc1ccc(C)c(C(=O)CCC(=O)N2CCCC(c3nnc4ccc(C(F)(F)F)cn34)C2)c1. The zero-order valence-electron chi connectivity index (χ0n) is 18.5. The minimum atomic E-state index is -4.47. The number of hydrogen-bond acceptors (Lipinski definition) is 4. The van der Waals surface area contributed by atoms with Crippen LogP contribution in [0.2, 0.25) is 0 Å². The van der Waals surface area contributed by atoms with Gasteiger partial charge in [0.15, 0.2) is 11.4 Å². The lowest BCUT2D eigenvalue weighted by Crippen LogP contribution is -2.39. The van der Waals surface area contributed by atoms with Crippen LogP contribution in [-0.2, 0) is 11.0 Å². The first-order valence-electron chi connectivity index (χ1n) is 10.9. The molecule has 1 unspecified atom stereocenters. The number of rotatable bonds is 5. The average Bonchev–Trinajstić information content (AvgIpc) is 3.21. The molecule has 6 nitrogen and oxygen atoms in total. The first-order valence-corrected chi connectivity index (χ1v) is 10.9. The number of pyridine rings is 1. The molecule has 0 bridgehead atoms. The van der Waals surface area contributed by atoms with E-state index in [0.29, 0.717) is 43.0 Å². The molecule has 0 aliphatic carbocycles. The molecule has 0 spiro atoms. The Balaban J connectivity index is 1.45. The Labute approximate surface area is 189 Å². The van der Waals surface area contributed by atoms with E-state index < -0.39 is 11.7 Å². The van der Waals surface area contributed by atoms with E-state index in [4.69, 9.17) is 0 Å². The third kappa shape index (κ3) is 4.91. The summed E-state index contributed by atoms with van der Waals surface area (Å²) in [6.45, 7) is 4.68. The van der Waals surface area contributed by atoms with Gasteiger partial charge in [0.25, 0.3) is 0 Å². The van der Waals surface area contributed by atoms with Crippen LogP contribution < -0.4 is 0 Å². The number of nitrogens with zero attached hydrogens (tertiary/aromatic N) is 4. The molecular weight excluding hydrogens is 433 g/mol. The van der Waals surface area contributed by atoms with Crippen LogP contribution in [0.15, 0.2) is 36.5 Å². The monoisotopic (exact) mass is 458 g/mol. The fourth-order valence-corrected chi connectivity index (χ4v) is 4.32. The van der Waals surface area contributed by atoms with Crippen molar-refractivity contribution < 1.29 is 22.8 Å². The van der Waals surface area contributed by atoms with Gasteiger partial charge in [0.05, 0.1) is 5.56 Å². The van der Waals surface area contributed by atoms with Crippen LogP contribution in [-0.4, -0.2) is 44.3 Å². The van der Waals surface area contributed by atoms with Crippen molar-refractivity contribution >= 4 is 17.3 Å². The van der Waals surface area contributed by atoms with Gasteiger partial charge in [-0.15, -0.1) is 10.2 Å². The summed E-state index contributed by atoms with van der Waals surface area (Å²) in [5.41, 5.74) is 2.07.